The Morgan fingerprint density at radius 2 is 1.84 bits per heavy atom. The third-order valence-electron chi connectivity index (χ3n) is 3.96. The van der Waals surface area contributed by atoms with E-state index in [4.69, 9.17) is 5.73 Å². The fraction of sp³-hybridized carbons (Fsp3) is 0.571. The number of halogens is 3. The molecule has 106 valence electrons. The van der Waals surface area contributed by atoms with Crippen LogP contribution in [0.25, 0.3) is 0 Å². The van der Waals surface area contributed by atoms with Gasteiger partial charge in [-0.25, -0.2) is 13.2 Å². The molecule has 0 bridgehead atoms. The minimum Gasteiger partial charge on any atom is -0.329 e. The highest BCUT2D eigenvalue weighted by atomic mass is 19.2. The molecule has 2 rings (SSSR count). The zero-order valence-corrected chi connectivity index (χ0v) is 11.2. The molecule has 1 aliphatic rings. The van der Waals surface area contributed by atoms with E-state index in [1.54, 1.807) is 0 Å². The summed E-state index contributed by atoms with van der Waals surface area (Å²) in [7, 11) is 0. The Kier molecular flexibility index (Phi) is 3.87. The van der Waals surface area contributed by atoms with Crippen LogP contribution >= 0.6 is 0 Å². The standard InChI is InChI=1S/C14H19F3N2/c1-14(2)4-3-5-19(14)12(8-18)9-6-10(15)13(17)11(16)7-9/h6-7,12H,3-5,8,18H2,1-2H3. The SMILES string of the molecule is CC1(C)CCCN1C(CN)c1cc(F)c(F)c(F)c1. The van der Waals surface area contributed by atoms with Gasteiger partial charge < -0.3 is 5.73 Å². The summed E-state index contributed by atoms with van der Waals surface area (Å²) in [5, 5.41) is 0. The van der Waals surface area contributed by atoms with Crippen molar-refractivity contribution < 1.29 is 13.2 Å². The minimum absolute atomic E-state index is 0.0641. The average molecular weight is 272 g/mol. The van der Waals surface area contributed by atoms with Gasteiger partial charge in [-0.1, -0.05) is 0 Å². The highest BCUT2D eigenvalue weighted by Crippen LogP contribution is 2.36. The van der Waals surface area contributed by atoms with Crippen molar-refractivity contribution in [3.63, 3.8) is 0 Å². The molecule has 0 aliphatic carbocycles. The Labute approximate surface area is 111 Å². The highest BCUT2D eigenvalue weighted by molar-refractivity contribution is 5.24. The smallest absolute Gasteiger partial charge is 0.194 e. The minimum atomic E-state index is -1.43. The molecule has 1 saturated heterocycles. The number of hydrogen-bond donors (Lipinski definition) is 1. The number of rotatable bonds is 3. The summed E-state index contributed by atoms with van der Waals surface area (Å²) in [6.45, 7) is 5.24. The average Bonchev–Trinajstić information content (AvgIpc) is 2.67. The molecule has 2 N–H and O–H groups in total. The Hall–Kier alpha value is -1.07. The largest absolute Gasteiger partial charge is 0.329 e. The first-order chi connectivity index (χ1) is 8.86. The van der Waals surface area contributed by atoms with Crippen LogP contribution in [0.5, 0.6) is 0 Å². The monoisotopic (exact) mass is 272 g/mol. The lowest BCUT2D eigenvalue weighted by Crippen LogP contribution is -2.43. The molecular formula is C14H19F3N2. The molecule has 2 nitrogen and oxygen atoms in total. The van der Waals surface area contributed by atoms with Crippen LogP contribution in [0.2, 0.25) is 0 Å². The summed E-state index contributed by atoms with van der Waals surface area (Å²) < 4.78 is 39.7. The van der Waals surface area contributed by atoms with E-state index in [0.29, 0.717) is 5.56 Å². The Bertz CT molecular complexity index is 451. The van der Waals surface area contributed by atoms with Gasteiger partial charge in [0.25, 0.3) is 0 Å². The second-order valence-corrected chi connectivity index (χ2v) is 5.66. The zero-order chi connectivity index (χ0) is 14.2. The van der Waals surface area contributed by atoms with Crippen LogP contribution in [0.15, 0.2) is 12.1 Å². The lowest BCUT2D eigenvalue weighted by molar-refractivity contribution is 0.118. The van der Waals surface area contributed by atoms with Crippen molar-refractivity contribution in [3.8, 4) is 0 Å². The van der Waals surface area contributed by atoms with Crippen LogP contribution in [-0.4, -0.2) is 23.5 Å². The fourth-order valence-electron chi connectivity index (χ4n) is 2.92. The third kappa shape index (κ3) is 2.62. The molecule has 1 aromatic rings. The van der Waals surface area contributed by atoms with Gasteiger partial charge >= 0.3 is 0 Å². The Morgan fingerprint density at radius 1 is 1.26 bits per heavy atom. The lowest BCUT2D eigenvalue weighted by atomic mass is 9.97. The van der Waals surface area contributed by atoms with Crippen molar-refractivity contribution in [2.45, 2.75) is 38.3 Å². The van der Waals surface area contributed by atoms with E-state index < -0.39 is 17.5 Å². The summed E-state index contributed by atoms with van der Waals surface area (Å²) in [6, 6.07) is 1.80. The van der Waals surface area contributed by atoms with Gasteiger partial charge in [0.05, 0.1) is 0 Å². The molecule has 0 aromatic heterocycles. The summed E-state index contributed by atoms with van der Waals surface area (Å²) in [5.41, 5.74) is 6.10. The van der Waals surface area contributed by atoms with Gasteiger partial charge in [-0.3, -0.25) is 4.90 Å². The zero-order valence-electron chi connectivity index (χ0n) is 11.2. The summed E-state index contributed by atoms with van der Waals surface area (Å²) in [5.74, 6) is -3.75. The first-order valence-electron chi connectivity index (χ1n) is 6.48. The van der Waals surface area contributed by atoms with Crippen LogP contribution in [-0.2, 0) is 0 Å². The molecule has 0 radical (unpaired) electrons. The Morgan fingerprint density at radius 3 is 2.26 bits per heavy atom. The molecule has 1 aromatic carbocycles. The number of nitrogens with two attached hydrogens (primary N) is 1. The molecule has 0 amide bonds. The van der Waals surface area contributed by atoms with Gasteiger partial charge in [-0.05, 0) is 50.9 Å². The second kappa shape index (κ2) is 5.13. The lowest BCUT2D eigenvalue weighted by Gasteiger charge is -2.38. The van der Waals surface area contributed by atoms with E-state index in [1.165, 1.54) is 0 Å². The van der Waals surface area contributed by atoms with Crippen LogP contribution in [0.4, 0.5) is 13.2 Å². The van der Waals surface area contributed by atoms with E-state index in [2.05, 4.69) is 18.7 Å². The number of nitrogens with zero attached hydrogens (tertiary/aromatic N) is 1. The second-order valence-electron chi connectivity index (χ2n) is 5.66. The van der Waals surface area contributed by atoms with Gasteiger partial charge in [0.2, 0.25) is 0 Å². The highest BCUT2D eigenvalue weighted by Gasteiger charge is 2.37. The molecule has 1 heterocycles. The van der Waals surface area contributed by atoms with E-state index in [9.17, 15) is 13.2 Å². The van der Waals surface area contributed by atoms with Crippen molar-refractivity contribution in [1.82, 2.24) is 4.90 Å². The number of benzene rings is 1. The molecule has 1 aliphatic heterocycles. The van der Waals surface area contributed by atoms with E-state index in [0.717, 1.165) is 31.5 Å². The maximum atomic E-state index is 13.3. The maximum absolute atomic E-state index is 13.3. The van der Waals surface area contributed by atoms with E-state index >= 15 is 0 Å². The first-order valence-corrected chi connectivity index (χ1v) is 6.48. The van der Waals surface area contributed by atoms with Crippen LogP contribution in [0.3, 0.4) is 0 Å². The Balaban J connectivity index is 2.37. The third-order valence-corrected chi connectivity index (χ3v) is 3.96. The van der Waals surface area contributed by atoms with Crippen molar-refractivity contribution in [2.24, 2.45) is 5.73 Å². The van der Waals surface area contributed by atoms with Crippen LogP contribution in [0, 0.1) is 17.5 Å². The molecule has 5 heteroatoms. The maximum Gasteiger partial charge on any atom is 0.194 e. The van der Waals surface area contributed by atoms with Gasteiger partial charge in [0.15, 0.2) is 17.5 Å². The van der Waals surface area contributed by atoms with Crippen molar-refractivity contribution in [1.29, 1.82) is 0 Å². The first kappa shape index (κ1) is 14.3. The van der Waals surface area contributed by atoms with E-state index in [-0.39, 0.29) is 18.1 Å². The molecule has 1 unspecified atom stereocenters. The molecule has 19 heavy (non-hydrogen) atoms. The van der Waals surface area contributed by atoms with Gasteiger partial charge in [0, 0.05) is 18.1 Å². The summed E-state index contributed by atoms with van der Waals surface area (Å²) in [4.78, 5) is 2.14. The molecular weight excluding hydrogens is 253 g/mol. The van der Waals surface area contributed by atoms with Gasteiger partial charge in [0.1, 0.15) is 0 Å². The molecule has 0 spiro atoms. The predicted octanol–water partition coefficient (Wildman–Crippen LogP) is 2.98. The number of likely N-dealkylation sites (tertiary alicyclic amines) is 1. The van der Waals surface area contributed by atoms with Gasteiger partial charge in [-0.15, -0.1) is 0 Å². The van der Waals surface area contributed by atoms with Crippen LogP contribution in [0.1, 0.15) is 38.3 Å². The fourth-order valence-corrected chi connectivity index (χ4v) is 2.92. The van der Waals surface area contributed by atoms with E-state index in [1.807, 2.05) is 0 Å². The number of hydrogen-bond acceptors (Lipinski definition) is 2. The van der Waals surface area contributed by atoms with Crippen molar-refractivity contribution >= 4 is 0 Å². The molecule has 0 saturated carbocycles. The van der Waals surface area contributed by atoms with Crippen LogP contribution < -0.4 is 5.73 Å². The summed E-state index contributed by atoms with van der Waals surface area (Å²) >= 11 is 0. The van der Waals surface area contributed by atoms with Crippen molar-refractivity contribution in [2.75, 3.05) is 13.1 Å². The molecule has 1 atom stereocenters. The van der Waals surface area contributed by atoms with Crippen molar-refractivity contribution in [3.05, 3.63) is 35.1 Å². The topological polar surface area (TPSA) is 29.3 Å². The molecule has 1 fully saturated rings. The summed E-state index contributed by atoms with van der Waals surface area (Å²) in [6.07, 6.45) is 2.03. The predicted molar refractivity (Wildman–Crippen MR) is 68.1 cm³/mol. The van der Waals surface area contributed by atoms with Gasteiger partial charge in [-0.2, -0.15) is 0 Å². The quantitative estimate of drug-likeness (QED) is 0.857. The normalized spacial score (nSPS) is 20.7.